The summed E-state index contributed by atoms with van der Waals surface area (Å²) in [4.78, 5) is 25.5. The standard InChI is InChI=1S/C21H24N4O3S2/c1-5-25-18(15-10-8-7-9-13(15)3)23-24-21(25)29-12-17(26)22-19-16(11-14(4)30-19)20(27)28-6-2/h7-11H,5-6,12H2,1-4H3,(H,22,26). The second-order valence-corrected chi connectivity index (χ2v) is 8.72. The van der Waals surface area contributed by atoms with E-state index in [1.807, 2.05) is 49.6 Å². The lowest BCUT2D eigenvalue weighted by atomic mass is 10.1. The van der Waals surface area contributed by atoms with Crippen LogP contribution in [-0.4, -0.2) is 39.0 Å². The van der Waals surface area contributed by atoms with Crippen LogP contribution in [0.25, 0.3) is 11.4 Å². The van der Waals surface area contributed by atoms with Gasteiger partial charge in [0.25, 0.3) is 0 Å². The largest absolute Gasteiger partial charge is 0.462 e. The van der Waals surface area contributed by atoms with Crippen molar-refractivity contribution in [3.05, 3.63) is 46.3 Å². The molecule has 0 aliphatic rings. The third-order valence-corrected chi connectivity index (χ3v) is 6.29. The molecular formula is C21H24N4O3S2. The van der Waals surface area contributed by atoms with Crippen LogP contribution in [0.3, 0.4) is 0 Å². The van der Waals surface area contributed by atoms with Crippen molar-refractivity contribution in [1.82, 2.24) is 14.8 Å². The van der Waals surface area contributed by atoms with Gasteiger partial charge < -0.3 is 14.6 Å². The molecule has 1 N–H and O–H groups in total. The van der Waals surface area contributed by atoms with Crippen molar-refractivity contribution < 1.29 is 14.3 Å². The summed E-state index contributed by atoms with van der Waals surface area (Å²) in [6.45, 7) is 8.67. The molecule has 2 heterocycles. The average Bonchev–Trinajstić information content (AvgIpc) is 3.29. The molecule has 0 radical (unpaired) electrons. The fraction of sp³-hybridized carbons (Fsp3) is 0.333. The number of hydrogen-bond acceptors (Lipinski definition) is 7. The maximum atomic E-state index is 12.5. The van der Waals surface area contributed by atoms with Gasteiger partial charge in [0.15, 0.2) is 11.0 Å². The van der Waals surface area contributed by atoms with Crippen LogP contribution >= 0.6 is 23.1 Å². The number of thiophene rings is 1. The van der Waals surface area contributed by atoms with Gasteiger partial charge in [-0.1, -0.05) is 36.0 Å². The Kier molecular flexibility index (Phi) is 7.28. The molecule has 0 unspecified atom stereocenters. The van der Waals surface area contributed by atoms with Gasteiger partial charge in [-0.15, -0.1) is 21.5 Å². The van der Waals surface area contributed by atoms with Crippen molar-refractivity contribution in [1.29, 1.82) is 0 Å². The zero-order valence-electron chi connectivity index (χ0n) is 17.4. The number of esters is 1. The number of benzene rings is 1. The summed E-state index contributed by atoms with van der Waals surface area (Å²) >= 11 is 2.67. The highest BCUT2D eigenvalue weighted by Gasteiger charge is 2.19. The Morgan fingerprint density at radius 3 is 2.67 bits per heavy atom. The van der Waals surface area contributed by atoms with Crippen LogP contribution in [0.2, 0.25) is 0 Å². The predicted molar refractivity (Wildman–Crippen MR) is 120 cm³/mol. The van der Waals surface area contributed by atoms with E-state index in [9.17, 15) is 9.59 Å². The first-order valence-corrected chi connectivity index (χ1v) is 11.4. The zero-order valence-corrected chi connectivity index (χ0v) is 19.0. The lowest BCUT2D eigenvalue weighted by Crippen LogP contribution is -2.16. The summed E-state index contributed by atoms with van der Waals surface area (Å²) in [5.74, 6) is 0.302. The van der Waals surface area contributed by atoms with Crippen molar-refractivity contribution in [2.75, 3.05) is 17.7 Å². The molecule has 2 aromatic heterocycles. The third-order valence-electron chi connectivity index (χ3n) is 4.35. The molecule has 3 aromatic rings. The second kappa shape index (κ2) is 9.90. The molecule has 0 saturated heterocycles. The van der Waals surface area contributed by atoms with Crippen molar-refractivity contribution in [2.24, 2.45) is 0 Å². The van der Waals surface area contributed by atoms with Gasteiger partial charge in [0.2, 0.25) is 5.91 Å². The van der Waals surface area contributed by atoms with Gasteiger partial charge in [0.1, 0.15) is 5.00 Å². The molecule has 0 aliphatic carbocycles. The normalized spacial score (nSPS) is 10.8. The quantitative estimate of drug-likeness (QED) is 0.405. The van der Waals surface area contributed by atoms with Crippen LogP contribution in [0, 0.1) is 13.8 Å². The number of carbonyl (C=O) groups excluding carboxylic acids is 2. The Morgan fingerprint density at radius 2 is 1.97 bits per heavy atom. The van der Waals surface area contributed by atoms with Crippen molar-refractivity contribution in [3.8, 4) is 11.4 Å². The van der Waals surface area contributed by atoms with E-state index < -0.39 is 5.97 Å². The third kappa shape index (κ3) is 4.91. The topological polar surface area (TPSA) is 86.1 Å². The number of hydrogen-bond donors (Lipinski definition) is 1. The Bertz CT molecular complexity index is 1060. The lowest BCUT2D eigenvalue weighted by molar-refractivity contribution is -0.113. The van der Waals surface area contributed by atoms with Crippen LogP contribution < -0.4 is 5.32 Å². The molecule has 9 heteroatoms. The summed E-state index contributed by atoms with van der Waals surface area (Å²) in [5, 5.41) is 12.6. The Hall–Kier alpha value is -2.65. The molecule has 7 nitrogen and oxygen atoms in total. The van der Waals surface area contributed by atoms with Crippen LogP contribution in [0.4, 0.5) is 5.00 Å². The Morgan fingerprint density at radius 1 is 1.20 bits per heavy atom. The fourth-order valence-corrected chi connectivity index (χ4v) is 4.68. The van der Waals surface area contributed by atoms with Crippen molar-refractivity contribution in [3.63, 3.8) is 0 Å². The summed E-state index contributed by atoms with van der Waals surface area (Å²) in [6, 6.07) is 9.74. The lowest BCUT2D eigenvalue weighted by Gasteiger charge is -2.09. The molecule has 0 aliphatic heterocycles. The minimum absolute atomic E-state index is 0.158. The average molecular weight is 445 g/mol. The number of thioether (sulfide) groups is 1. The number of nitrogens with one attached hydrogen (secondary N) is 1. The highest BCUT2D eigenvalue weighted by atomic mass is 32.2. The number of anilines is 1. The van der Waals surface area contributed by atoms with Gasteiger partial charge in [0.05, 0.1) is 17.9 Å². The minimum Gasteiger partial charge on any atom is -0.462 e. The number of aromatic nitrogens is 3. The molecule has 1 aromatic carbocycles. The first-order chi connectivity index (χ1) is 14.4. The molecule has 0 bridgehead atoms. The van der Waals surface area contributed by atoms with Crippen LogP contribution in [0.1, 0.15) is 34.6 Å². The molecule has 0 fully saturated rings. The highest BCUT2D eigenvalue weighted by molar-refractivity contribution is 7.99. The summed E-state index contributed by atoms with van der Waals surface area (Å²) in [6.07, 6.45) is 0. The molecular weight excluding hydrogens is 420 g/mol. The first kappa shape index (κ1) is 22.0. The predicted octanol–water partition coefficient (Wildman–Crippen LogP) is 4.55. The van der Waals surface area contributed by atoms with E-state index in [4.69, 9.17) is 4.74 Å². The number of rotatable bonds is 8. The molecule has 1 amide bonds. The van der Waals surface area contributed by atoms with E-state index in [0.29, 0.717) is 22.3 Å². The molecule has 3 rings (SSSR count). The van der Waals surface area contributed by atoms with Gasteiger partial charge in [0, 0.05) is 17.0 Å². The fourth-order valence-electron chi connectivity index (χ4n) is 2.96. The Balaban J connectivity index is 1.70. The summed E-state index contributed by atoms with van der Waals surface area (Å²) < 4.78 is 7.07. The van der Waals surface area contributed by atoms with Gasteiger partial charge in [-0.05, 0) is 39.3 Å². The van der Waals surface area contributed by atoms with Gasteiger partial charge >= 0.3 is 5.97 Å². The smallest absolute Gasteiger partial charge is 0.341 e. The number of aryl methyl sites for hydroxylation is 2. The van der Waals surface area contributed by atoms with E-state index in [-0.39, 0.29) is 18.3 Å². The zero-order chi connectivity index (χ0) is 21.7. The summed E-state index contributed by atoms with van der Waals surface area (Å²) in [5.41, 5.74) is 2.53. The molecule has 0 atom stereocenters. The van der Waals surface area contributed by atoms with E-state index in [1.165, 1.54) is 23.1 Å². The van der Waals surface area contributed by atoms with E-state index in [1.54, 1.807) is 13.0 Å². The Labute approximate surface area is 183 Å². The maximum absolute atomic E-state index is 12.5. The number of ether oxygens (including phenoxy) is 1. The van der Waals surface area contributed by atoms with E-state index in [0.717, 1.165) is 21.8 Å². The second-order valence-electron chi connectivity index (χ2n) is 6.52. The van der Waals surface area contributed by atoms with Crippen LogP contribution in [-0.2, 0) is 16.1 Å². The highest BCUT2D eigenvalue weighted by Crippen LogP contribution is 2.29. The monoisotopic (exact) mass is 444 g/mol. The van der Waals surface area contributed by atoms with Gasteiger partial charge in [-0.3, -0.25) is 4.79 Å². The number of nitrogens with zero attached hydrogens (tertiary/aromatic N) is 3. The maximum Gasteiger partial charge on any atom is 0.341 e. The van der Waals surface area contributed by atoms with Crippen LogP contribution in [0.15, 0.2) is 35.5 Å². The molecule has 0 spiro atoms. The van der Waals surface area contributed by atoms with Crippen LogP contribution in [0.5, 0.6) is 0 Å². The minimum atomic E-state index is -0.432. The molecule has 30 heavy (non-hydrogen) atoms. The number of amides is 1. The van der Waals surface area contributed by atoms with Crippen molar-refractivity contribution in [2.45, 2.75) is 39.4 Å². The van der Waals surface area contributed by atoms with Gasteiger partial charge in [-0.25, -0.2) is 4.79 Å². The van der Waals surface area contributed by atoms with Gasteiger partial charge in [-0.2, -0.15) is 0 Å². The molecule has 158 valence electrons. The SMILES string of the molecule is CCOC(=O)c1cc(C)sc1NC(=O)CSc1nnc(-c2ccccc2C)n1CC. The number of carbonyl (C=O) groups is 2. The van der Waals surface area contributed by atoms with E-state index in [2.05, 4.69) is 15.5 Å². The van der Waals surface area contributed by atoms with Crippen molar-refractivity contribution >= 4 is 40.0 Å². The molecule has 0 saturated carbocycles. The summed E-state index contributed by atoms with van der Waals surface area (Å²) in [7, 11) is 0. The first-order valence-electron chi connectivity index (χ1n) is 9.64. The van der Waals surface area contributed by atoms with E-state index >= 15 is 0 Å².